The van der Waals surface area contributed by atoms with E-state index in [2.05, 4.69) is 31.9 Å². The zero-order valence-corrected chi connectivity index (χ0v) is 14.4. The third kappa shape index (κ3) is 4.92. The Hall–Kier alpha value is -2.16. The third-order valence-corrected chi connectivity index (χ3v) is 3.61. The lowest BCUT2D eigenvalue weighted by molar-refractivity contribution is 0.261. The van der Waals surface area contributed by atoms with Gasteiger partial charge in [-0.2, -0.15) is 0 Å². The Morgan fingerprint density at radius 1 is 1.21 bits per heavy atom. The fraction of sp³-hybridized carbons (Fsp3) is 0.188. The lowest BCUT2D eigenvalue weighted by Gasteiger charge is -2.13. The van der Waals surface area contributed by atoms with Crippen molar-refractivity contribution in [1.82, 2.24) is 0 Å². The van der Waals surface area contributed by atoms with Crippen LogP contribution in [-0.2, 0) is 6.61 Å². The van der Waals surface area contributed by atoms with Crippen LogP contribution in [0, 0.1) is 5.82 Å². The fourth-order valence-electron chi connectivity index (χ4n) is 2.10. The van der Waals surface area contributed by atoms with Crippen LogP contribution in [-0.4, -0.2) is 24.2 Å². The summed E-state index contributed by atoms with van der Waals surface area (Å²) in [4.78, 5) is 12.1. The van der Waals surface area contributed by atoms with Crippen molar-refractivity contribution in [1.29, 1.82) is 0 Å². The van der Waals surface area contributed by atoms with Gasteiger partial charge in [-0.1, -0.05) is 22.0 Å². The summed E-state index contributed by atoms with van der Waals surface area (Å²) in [7, 11) is 0. The fourth-order valence-corrected chi connectivity index (χ4v) is 2.59. The van der Waals surface area contributed by atoms with Gasteiger partial charge in [0.1, 0.15) is 5.82 Å². The molecule has 0 fully saturated rings. The smallest absolute Gasteiger partial charge is 0.323 e. The molecule has 0 aliphatic rings. The molecule has 0 atom stereocenters. The molecular weight excluding hydrogens is 379 g/mol. The van der Waals surface area contributed by atoms with E-state index in [1.165, 1.54) is 18.2 Å². The topological polar surface area (TPSA) is 99.4 Å². The first kappa shape index (κ1) is 18.2. The van der Waals surface area contributed by atoms with Crippen molar-refractivity contribution < 1.29 is 14.3 Å². The molecule has 0 heterocycles. The Kier molecular flexibility index (Phi) is 6.53. The minimum Gasteiger partial charge on any atom is -0.391 e. The van der Waals surface area contributed by atoms with Crippen LogP contribution in [0.3, 0.4) is 0 Å². The molecule has 0 aliphatic carbocycles. The molecule has 2 aromatic rings. The molecule has 0 spiro atoms. The summed E-state index contributed by atoms with van der Waals surface area (Å²) < 4.78 is 14.4. The van der Waals surface area contributed by atoms with Gasteiger partial charge in [0, 0.05) is 34.5 Å². The molecule has 8 heteroatoms. The van der Waals surface area contributed by atoms with Crippen molar-refractivity contribution in [2.45, 2.75) is 6.61 Å². The summed E-state index contributed by atoms with van der Waals surface area (Å²) >= 11 is 3.37. The van der Waals surface area contributed by atoms with Crippen LogP contribution in [0.15, 0.2) is 40.9 Å². The van der Waals surface area contributed by atoms with Gasteiger partial charge in [-0.25, -0.2) is 9.18 Å². The van der Waals surface area contributed by atoms with Crippen LogP contribution in [0.5, 0.6) is 0 Å². The molecule has 24 heavy (non-hydrogen) atoms. The number of aliphatic hydroxyl groups is 1. The molecule has 2 aromatic carbocycles. The minimum atomic E-state index is -0.578. The highest BCUT2D eigenvalue weighted by Crippen LogP contribution is 2.24. The summed E-state index contributed by atoms with van der Waals surface area (Å²) in [6.07, 6.45) is 0. The van der Waals surface area contributed by atoms with E-state index < -0.39 is 18.5 Å². The number of hydrogen-bond donors (Lipinski definition) is 5. The summed E-state index contributed by atoms with van der Waals surface area (Å²) in [6.45, 7) is 0.580. The van der Waals surface area contributed by atoms with Crippen LogP contribution in [0.2, 0.25) is 0 Å². The number of anilines is 3. The molecule has 0 unspecified atom stereocenters. The quantitative estimate of drug-likeness (QED) is 0.517. The maximum Gasteiger partial charge on any atom is 0.323 e. The highest BCUT2D eigenvalue weighted by atomic mass is 79.9. The van der Waals surface area contributed by atoms with E-state index in [0.29, 0.717) is 18.8 Å². The summed E-state index contributed by atoms with van der Waals surface area (Å²) in [5.74, 6) is -0.578. The largest absolute Gasteiger partial charge is 0.391 e. The molecule has 2 rings (SSSR count). The second-order valence-electron chi connectivity index (χ2n) is 4.95. The Morgan fingerprint density at radius 2 is 1.96 bits per heavy atom. The number of carbonyl (C=O) groups excluding carboxylic acids is 1. The first-order valence-corrected chi connectivity index (χ1v) is 8.03. The van der Waals surface area contributed by atoms with Crippen molar-refractivity contribution >= 4 is 39.0 Å². The van der Waals surface area contributed by atoms with Gasteiger partial charge >= 0.3 is 6.03 Å². The normalized spacial score (nSPS) is 10.3. The Morgan fingerprint density at radius 3 is 2.67 bits per heavy atom. The van der Waals surface area contributed by atoms with Crippen LogP contribution in [0.4, 0.5) is 26.2 Å². The Balaban J connectivity index is 2.10. The molecule has 2 amide bonds. The number of nitrogens with two attached hydrogens (primary N) is 1. The summed E-state index contributed by atoms with van der Waals surface area (Å²) in [5, 5.41) is 17.5. The monoisotopic (exact) mass is 396 g/mol. The number of rotatable bonds is 6. The highest BCUT2D eigenvalue weighted by molar-refractivity contribution is 9.10. The lowest BCUT2D eigenvalue weighted by atomic mass is 10.2. The van der Waals surface area contributed by atoms with E-state index in [-0.39, 0.29) is 11.3 Å². The van der Waals surface area contributed by atoms with Crippen LogP contribution in [0.25, 0.3) is 0 Å². The average molecular weight is 397 g/mol. The van der Waals surface area contributed by atoms with E-state index in [4.69, 9.17) is 5.73 Å². The van der Waals surface area contributed by atoms with Gasteiger partial charge in [0.2, 0.25) is 0 Å². The summed E-state index contributed by atoms with van der Waals surface area (Å²) in [5.41, 5.74) is 7.05. The van der Waals surface area contributed by atoms with Crippen molar-refractivity contribution in [3.8, 4) is 0 Å². The second kappa shape index (κ2) is 8.62. The molecule has 0 aliphatic heterocycles. The molecule has 6 N–H and O–H groups in total. The second-order valence-corrected chi connectivity index (χ2v) is 5.86. The number of urea groups is 1. The van der Waals surface area contributed by atoms with Gasteiger partial charge in [0.05, 0.1) is 12.3 Å². The van der Waals surface area contributed by atoms with Gasteiger partial charge in [-0.3, -0.25) is 0 Å². The van der Waals surface area contributed by atoms with Crippen LogP contribution >= 0.6 is 15.9 Å². The van der Waals surface area contributed by atoms with Crippen molar-refractivity contribution in [3.63, 3.8) is 0 Å². The Bertz CT molecular complexity index is 727. The third-order valence-electron chi connectivity index (χ3n) is 3.15. The first-order valence-electron chi connectivity index (χ1n) is 7.24. The number of carbonyl (C=O) groups is 1. The molecule has 0 aromatic heterocycles. The molecule has 128 valence electrons. The lowest BCUT2D eigenvalue weighted by Crippen LogP contribution is -2.21. The van der Waals surface area contributed by atoms with Gasteiger partial charge in [-0.15, -0.1) is 0 Å². The van der Waals surface area contributed by atoms with E-state index in [0.717, 1.165) is 10.2 Å². The van der Waals surface area contributed by atoms with Gasteiger partial charge in [0.15, 0.2) is 0 Å². The maximum absolute atomic E-state index is 13.6. The zero-order chi connectivity index (χ0) is 17.5. The zero-order valence-electron chi connectivity index (χ0n) is 12.8. The maximum atomic E-state index is 13.6. The predicted octanol–water partition coefficient (Wildman–Crippen LogP) is 3.10. The first-order chi connectivity index (χ1) is 11.5. The number of benzene rings is 2. The van der Waals surface area contributed by atoms with Gasteiger partial charge < -0.3 is 26.8 Å². The number of aliphatic hydroxyl groups excluding tert-OH is 1. The average Bonchev–Trinajstić information content (AvgIpc) is 2.52. The van der Waals surface area contributed by atoms with E-state index >= 15 is 0 Å². The van der Waals surface area contributed by atoms with Gasteiger partial charge in [0.25, 0.3) is 0 Å². The minimum absolute atomic E-state index is 0.0344. The SMILES string of the molecule is NCCNc1cc(Br)cc(NC(=O)Nc2cccc(F)c2CO)c1. The molecule has 0 saturated carbocycles. The standard InChI is InChI=1S/C16H18BrFN4O2/c17-10-6-11(20-5-4-19)8-12(7-10)21-16(24)22-15-3-1-2-14(18)13(15)9-23/h1-3,6-8,20,23H,4-5,9,19H2,(H2,21,22,24). The van der Waals surface area contributed by atoms with Crippen molar-refractivity contribution in [2.24, 2.45) is 5.73 Å². The predicted molar refractivity (Wildman–Crippen MR) is 96.7 cm³/mol. The van der Waals surface area contributed by atoms with E-state index in [1.54, 1.807) is 12.1 Å². The molecule has 0 radical (unpaired) electrons. The van der Waals surface area contributed by atoms with Crippen molar-refractivity contribution in [2.75, 3.05) is 29.0 Å². The summed E-state index contributed by atoms with van der Waals surface area (Å²) in [6, 6.07) is 8.98. The highest BCUT2D eigenvalue weighted by Gasteiger charge is 2.11. The van der Waals surface area contributed by atoms with E-state index in [1.807, 2.05) is 6.07 Å². The van der Waals surface area contributed by atoms with Crippen molar-refractivity contribution in [3.05, 3.63) is 52.3 Å². The molecule has 0 saturated heterocycles. The van der Waals surface area contributed by atoms with Crippen LogP contribution < -0.4 is 21.7 Å². The van der Waals surface area contributed by atoms with Gasteiger partial charge in [-0.05, 0) is 30.3 Å². The van der Waals surface area contributed by atoms with Crippen LogP contribution in [0.1, 0.15) is 5.56 Å². The Labute approximate surface area is 147 Å². The molecule has 6 nitrogen and oxygen atoms in total. The molecule has 0 bridgehead atoms. The molecular formula is C16H18BrFN4O2. The van der Waals surface area contributed by atoms with E-state index in [9.17, 15) is 14.3 Å². The number of halogens is 2. The number of amides is 2. The number of hydrogen-bond acceptors (Lipinski definition) is 4. The number of nitrogens with one attached hydrogen (secondary N) is 3.